The molecule has 0 aromatic heterocycles. The maximum Gasteiger partial charge on any atom is 0.0897 e. The number of ether oxygens (including phenoxy) is 2. The summed E-state index contributed by atoms with van der Waals surface area (Å²) in [5.41, 5.74) is 0. The molecule has 0 amide bonds. The third kappa shape index (κ3) is 4.50. The summed E-state index contributed by atoms with van der Waals surface area (Å²) in [4.78, 5) is 0. The second-order valence-corrected chi connectivity index (χ2v) is 5.63. The highest BCUT2D eigenvalue weighted by Crippen LogP contribution is 2.20. The third-order valence-corrected chi connectivity index (χ3v) is 4.07. The monoisotopic (exact) mass is 257 g/mol. The van der Waals surface area contributed by atoms with E-state index in [2.05, 4.69) is 12.2 Å². The fourth-order valence-electron chi connectivity index (χ4n) is 2.83. The fourth-order valence-corrected chi connectivity index (χ4v) is 2.83. The molecule has 18 heavy (non-hydrogen) atoms. The zero-order chi connectivity index (χ0) is 12.8. The van der Waals surface area contributed by atoms with Crippen LogP contribution in [0.25, 0.3) is 0 Å². The first-order valence-electron chi connectivity index (χ1n) is 7.40. The molecule has 0 radical (unpaired) electrons. The van der Waals surface area contributed by atoms with E-state index in [0.29, 0.717) is 25.3 Å². The molecule has 1 heterocycles. The van der Waals surface area contributed by atoms with Crippen molar-refractivity contribution >= 4 is 0 Å². The summed E-state index contributed by atoms with van der Waals surface area (Å²) in [7, 11) is 0. The third-order valence-electron chi connectivity index (χ3n) is 4.07. The molecule has 2 aliphatic rings. The van der Waals surface area contributed by atoms with Crippen LogP contribution in [0.15, 0.2) is 0 Å². The minimum absolute atomic E-state index is 0.261. The van der Waals surface area contributed by atoms with Gasteiger partial charge in [0.1, 0.15) is 0 Å². The van der Waals surface area contributed by atoms with Crippen LogP contribution in [-0.2, 0) is 9.47 Å². The minimum atomic E-state index is -0.403. The van der Waals surface area contributed by atoms with Gasteiger partial charge in [0.2, 0.25) is 0 Å². The van der Waals surface area contributed by atoms with E-state index in [4.69, 9.17) is 9.47 Å². The van der Waals surface area contributed by atoms with Crippen LogP contribution in [0.3, 0.4) is 0 Å². The van der Waals surface area contributed by atoms with E-state index in [1.807, 2.05) is 0 Å². The molecule has 2 rings (SSSR count). The van der Waals surface area contributed by atoms with E-state index >= 15 is 0 Å². The zero-order valence-corrected chi connectivity index (χ0v) is 11.4. The molecule has 3 unspecified atom stereocenters. The standard InChI is InChI=1S/C14H27NO3/c1-11-14(7-8-17-11)15-9-12(16)10-18-13-5-3-2-4-6-13/h11-16H,2-10H2,1H3. The van der Waals surface area contributed by atoms with Crippen LogP contribution in [0.1, 0.15) is 45.4 Å². The van der Waals surface area contributed by atoms with Crippen LogP contribution < -0.4 is 5.32 Å². The summed E-state index contributed by atoms with van der Waals surface area (Å²) in [6.45, 7) is 3.97. The molecule has 1 aliphatic carbocycles. The zero-order valence-electron chi connectivity index (χ0n) is 11.4. The molecule has 106 valence electrons. The van der Waals surface area contributed by atoms with Gasteiger partial charge in [0.15, 0.2) is 0 Å². The summed E-state index contributed by atoms with van der Waals surface area (Å²) in [6, 6.07) is 0.384. The largest absolute Gasteiger partial charge is 0.389 e. The van der Waals surface area contributed by atoms with Crippen molar-refractivity contribution in [2.24, 2.45) is 0 Å². The normalized spacial score (nSPS) is 31.7. The van der Waals surface area contributed by atoms with Gasteiger partial charge < -0.3 is 19.9 Å². The van der Waals surface area contributed by atoms with Gasteiger partial charge in [0.25, 0.3) is 0 Å². The smallest absolute Gasteiger partial charge is 0.0897 e. The Morgan fingerprint density at radius 3 is 2.72 bits per heavy atom. The maximum absolute atomic E-state index is 9.90. The summed E-state index contributed by atoms with van der Waals surface area (Å²) < 4.78 is 11.2. The van der Waals surface area contributed by atoms with Crippen LogP contribution in [0, 0.1) is 0 Å². The van der Waals surface area contributed by atoms with Crippen LogP contribution in [-0.4, -0.2) is 49.2 Å². The molecule has 4 heteroatoms. The number of hydrogen-bond acceptors (Lipinski definition) is 4. The lowest BCUT2D eigenvalue weighted by Gasteiger charge is -2.24. The van der Waals surface area contributed by atoms with Crippen molar-refractivity contribution in [3.63, 3.8) is 0 Å². The molecule has 0 bridgehead atoms. The number of hydrogen-bond donors (Lipinski definition) is 2. The first-order chi connectivity index (χ1) is 8.75. The maximum atomic E-state index is 9.90. The van der Waals surface area contributed by atoms with E-state index in [0.717, 1.165) is 25.9 Å². The summed E-state index contributed by atoms with van der Waals surface area (Å²) in [5.74, 6) is 0. The number of rotatable bonds is 6. The molecule has 0 spiro atoms. The first kappa shape index (κ1) is 14.3. The lowest BCUT2D eigenvalue weighted by Crippen LogP contribution is -2.41. The Morgan fingerprint density at radius 2 is 2.06 bits per heavy atom. The van der Waals surface area contributed by atoms with E-state index in [9.17, 15) is 5.11 Å². The molecule has 4 nitrogen and oxygen atoms in total. The Hall–Kier alpha value is -0.160. The Kier molecular flexibility index (Phi) is 5.89. The van der Waals surface area contributed by atoms with Crippen molar-refractivity contribution in [2.45, 2.75) is 69.8 Å². The van der Waals surface area contributed by atoms with Gasteiger partial charge in [0.05, 0.1) is 24.9 Å². The molecular formula is C14H27NO3. The average molecular weight is 257 g/mol. The van der Waals surface area contributed by atoms with Crippen molar-refractivity contribution in [3.05, 3.63) is 0 Å². The molecular weight excluding hydrogens is 230 g/mol. The van der Waals surface area contributed by atoms with Gasteiger partial charge in [-0.1, -0.05) is 19.3 Å². The van der Waals surface area contributed by atoms with E-state index in [1.54, 1.807) is 0 Å². The highest BCUT2D eigenvalue weighted by atomic mass is 16.5. The minimum Gasteiger partial charge on any atom is -0.389 e. The lowest BCUT2D eigenvalue weighted by molar-refractivity contribution is -0.0241. The predicted octanol–water partition coefficient (Wildman–Crippen LogP) is 1.46. The van der Waals surface area contributed by atoms with E-state index in [-0.39, 0.29) is 6.10 Å². The molecule has 2 fully saturated rings. The van der Waals surface area contributed by atoms with Crippen molar-refractivity contribution < 1.29 is 14.6 Å². The van der Waals surface area contributed by atoms with E-state index < -0.39 is 6.10 Å². The summed E-state index contributed by atoms with van der Waals surface area (Å²) >= 11 is 0. The molecule has 0 aromatic carbocycles. The highest BCUT2D eigenvalue weighted by Gasteiger charge is 2.24. The quantitative estimate of drug-likeness (QED) is 0.756. The first-order valence-corrected chi connectivity index (χ1v) is 7.40. The molecule has 1 saturated heterocycles. The van der Waals surface area contributed by atoms with Crippen LogP contribution in [0.4, 0.5) is 0 Å². The van der Waals surface area contributed by atoms with Gasteiger partial charge in [-0.3, -0.25) is 0 Å². The number of nitrogens with one attached hydrogen (secondary N) is 1. The van der Waals surface area contributed by atoms with Crippen molar-refractivity contribution in [1.82, 2.24) is 5.32 Å². The molecule has 1 aliphatic heterocycles. The topological polar surface area (TPSA) is 50.7 Å². The van der Waals surface area contributed by atoms with Gasteiger partial charge in [-0.15, -0.1) is 0 Å². The van der Waals surface area contributed by atoms with Gasteiger partial charge in [-0.2, -0.15) is 0 Å². The van der Waals surface area contributed by atoms with Crippen molar-refractivity contribution in [2.75, 3.05) is 19.8 Å². The summed E-state index contributed by atoms with van der Waals surface area (Å²) in [5, 5.41) is 13.3. The average Bonchev–Trinajstić information content (AvgIpc) is 2.81. The predicted molar refractivity (Wildman–Crippen MR) is 70.7 cm³/mol. The summed E-state index contributed by atoms with van der Waals surface area (Å²) in [6.07, 6.45) is 7.48. The second-order valence-electron chi connectivity index (χ2n) is 5.63. The van der Waals surface area contributed by atoms with Gasteiger partial charge in [-0.05, 0) is 26.2 Å². The Balaban J connectivity index is 1.55. The van der Waals surface area contributed by atoms with Crippen molar-refractivity contribution in [1.29, 1.82) is 0 Å². The molecule has 2 N–H and O–H groups in total. The van der Waals surface area contributed by atoms with Crippen LogP contribution >= 0.6 is 0 Å². The van der Waals surface area contributed by atoms with Gasteiger partial charge in [-0.25, -0.2) is 0 Å². The molecule has 0 aromatic rings. The van der Waals surface area contributed by atoms with Crippen LogP contribution in [0.5, 0.6) is 0 Å². The van der Waals surface area contributed by atoms with E-state index in [1.165, 1.54) is 19.3 Å². The Morgan fingerprint density at radius 1 is 1.28 bits per heavy atom. The lowest BCUT2D eigenvalue weighted by atomic mass is 9.98. The van der Waals surface area contributed by atoms with Gasteiger partial charge in [0, 0.05) is 19.2 Å². The molecule has 1 saturated carbocycles. The second kappa shape index (κ2) is 7.43. The number of aliphatic hydroxyl groups is 1. The SMILES string of the molecule is CC1OCCC1NCC(O)COC1CCCCC1. The van der Waals surface area contributed by atoms with Crippen molar-refractivity contribution in [3.8, 4) is 0 Å². The fraction of sp³-hybridized carbons (Fsp3) is 1.00. The Labute approximate surface area is 110 Å². The molecule has 3 atom stereocenters. The Bertz CT molecular complexity index is 231. The van der Waals surface area contributed by atoms with Crippen LogP contribution in [0.2, 0.25) is 0 Å². The highest BCUT2D eigenvalue weighted by molar-refractivity contribution is 4.80. The van der Waals surface area contributed by atoms with Gasteiger partial charge >= 0.3 is 0 Å². The number of aliphatic hydroxyl groups excluding tert-OH is 1.